The maximum absolute atomic E-state index is 14.9. The van der Waals surface area contributed by atoms with Crippen molar-refractivity contribution in [3.63, 3.8) is 0 Å². The number of hydrogen-bond acceptors (Lipinski definition) is 2. The lowest BCUT2D eigenvalue weighted by Gasteiger charge is -2.34. The number of halogens is 4. The van der Waals surface area contributed by atoms with Crippen LogP contribution in [0.4, 0.5) is 17.6 Å². The quantitative estimate of drug-likeness (QED) is 0.253. The van der Waals surface area contributed by atoms with E-state index in [1.165, 1.54) is 0 Å². The molecule has 0 saturated heterocycles. The summed E-state index contributed by atoms with van der Waals surface area (Å²) in [5.74, 6) is -1.06. The van der Waals surface area contributed by atoms with Crippen LogP contribution in [0.2, 0.25) is 0 Å². The first-order chi connectivity index (χ1) is 17.4. The van der Waals surface area contributed by atoms with E-state index in [0.29, 0.717) is 54.1 Å². The highest BCUT2D eigenvalue weighted by Crippen LogP contribution is 2.41. The fourth-order valence-electron chi connectivity index (χ4n) is 6.28. The lowest BCUT2D eigenvalue weighted by Crippen LogP contribution is -2.31. The lowest BCUT2D eigenvalue weighted by molar-refractivity contribution is -0.111. The van der Waals surface area contributed by atoms with Crippen molar-refractivity contribution in [2.45, 2.75) is 89.4 Å². The summed E-state index contributed by atoms with van der Waals surface area (Å²) in [7, 11) is 0. The summed E-state index contributed by atoms with van der Waals surface area (Å²) in [6, 6.07) is 3.45. The molecule has 0 aliphatic heterocycles. The Morgan fingerprint density at radius 3 is 2.25 bits per heavy atom. The molecule has 6 heteroatoms. The van der Waals surface area contributed by atoms with Gasteiger partial charge in [0.15, 0.2) is 24.0 Å². The molecule has 0 radical (unpaired) electrons. The third-order valence-electron chi connectivity index (χ3n) is 8.63. The Kier molecular flexibility index (Phi) is 9.43. The summed E-state index contributed by atoms with van der Waals surface area (Å²) in [5, 5.41) is 0. The van der Waals surface area contributed by atoms with E-state index in [4.69, 9.17) is 4.74 Å². The van der Waals surface area contributed by atoms with Gasteiger partial charge >= 0.3 is 0 Å². The van der Waals surface area contributed by atoms with Crippen LogP contribution in [0.1, 0.15) is 81.8 Å². The number of aldehydes is 1. The van der Waals surface area contributed by atoms with Crippen molar-refractivity contribution in [3.8, 4) is 0 Å². The van der Waals surface area contributed by atoms with Crippen LogP contribution in [0, 0.1) is 29.4 Å². The molecule has 2 saturated carbocycles. The number of hydrogen-bond donors (Lipinski definition) is 0. The summed E-state index contributed by atoms with van der Waals surface area (Å²) in [4.78, 5) is 11.0. The fraction of sp³-hybridized carbons (Fsp3) is 0.633. The van der Waals surface area contributed by atoms with Crippen LogP contribution in [0.5, 0.6) is 0 Å². The van der Waals surface area contributed by atoms with Gasteiger partial charge in [0.1, 0.15) is 6.29 Å². The number of benzene rings is 1. The Morgan fingerprint density at radius 2 is 1.58 bits per heavy atom. The number of rotatable bonds is 9. The Hall–Kier alpha value is -1.95. The van der Waals surface area contributed by atoms with Gasteiger partial charge in [-0.2, -0.15) is 0 Å². The van der Waals surface area contributed by atoms with Gasteiger partial charge in [0.05, 0.1) is 6.61 Å². The molecular weight excluding hydrogens is 468 g/mol. The average molecular weight is 507 g/mol. The Balaban J connectivity index is 1.29. The molecule has 36 heavy (non-hydrogen) atoms. The predicted molar refractivity (Wildman–Crippen MR) is 133 cm³/mol. The molecule has 4 rings (SSSR count). The van der Waals surface area contributed by atoms with Crippen LogP contribution >= 0.6 is 0 Å². The SMILES string of the molecule is CCOCC1=CC=C(C2CCC(CCc3ccc(C4CCC(C=O)CC4)c(F)c3F)CC2)C(F)C1F. The molecule has 1 aromatic rings. The summed E-state index contributed by atoms with van der Waals surface area (Å²) < 4.78 is 64.4. The molecule has 0 heterocycles. The van der Waals surface area contributed by atoms with Gasteiger partial charge in [-0.3, -0.25) is 0 Å². The summed E-state index contributed by atoms with van der Waals surface area (Å²) in [6.07, 6.45) is 8.59. The Bertz CT molecular complexity index is 956. The van der Waals surface area contributed by atoms with Crippen LogP contribution in [-0.4, -0.2) is 31.8 Å². The zero-order valence-corrected chi connectivity index (χ0v) is 21.2. The maximum Gasteiger partial charge on any atom is 0.162 e. The van der Waals surface area contributed by atoms with E-state index in [1.54, 1.807) is 24.3 Å². The third-order valence-corrected chi connectivity index (χ3v) is 8.63. The Morgan fingerprint density at radius 1 is 0.889 bits per heavy atom. The molecule has 1 aromatic carbocycles. The van der Waals surface area contributed by atoms with Crippen molar-refractivity contribution in [1.82, 2.24) is 0 Å². The van der Waals surface area contributed by atoms with E-state index in [1.807, 2.05) is 6.92 Å². The van der Waals surface area contributed by atoms with Gasteiger partial charge in [0.25, 0.3) is 0 Å². The zero-order valence-electron chi connectivity index (χ0n) is 21.2. The first-order valence-corrected chi connectivity index (χ1v) is 13.6. The molecule has 0 N–H and O–H groups in total. The van der Waals surface area contributed by atoms with E-state index in [0.717, 1.165) is 51.2 Å². The van der Waals surface area contributed by atoms with Gasteiger partial charge in [0, 0.05) is 12.5 Å². The first kappa shape index (κ1) is 27.1. The van der Waals surface area contributed by atoms with Crippen molar-refractivity contribution in [1.29, 1.82) is 0 Å². The van der Waals surface area contributed by atoms with Crippen LogP contribution < -0.4 is 0 Å². The minimum atomic E-state index is -1.64. The topological polar surface area (TPSA) is 26.3 Å². The van der Waals surface area contributed by atoms with Gasteiger partial charge < -0.3 is 9.53 Å². The molecule has 0 amide bonds. The average Bonchev–Trinajstić information content (AvgIpc) is 2.91. The molecule has 0 spiro atoms. The van der Waals surface area contributed by atoms with Crippen LogP contribution in [-0.2, 0) is 16.0 Å². The van der Waals surface area contributed by atoms with Gasteiger partial charge in [-0.25, -0.2) is 17.6 Å². The molecule has 2 unspecified atom stereocenters. The molecule has 2 nitrogen and oxygen atoms in total. The third kappa shape index (κ3) is 6.12. The van der Waals surface area contributed by atoms with E-state index < -0.39 is 24.0 Å². The van der Waals surface area contributed by atoms with E-state index in [9.17, 15) is 22.4 Å². The molecule has 3 aliphatic rings. The van der Waals surface area contributed by atoms with Crippen LogP contribution in [0.3, 0.4) is 0 Å². The molecule has 2 atom stereocenters. The number of ether oxygens (including phenoxy) is 1. The summed E-state index contributed by atoms with van der Waals surface area (Å²) in [5.41, 5.74) is 1.75. The maximum atomic E-state index is 14.9. The van der Waals surface area contributed by atoms with Gasteiger partial charge in [-0.05, 0) is 111 Å². The van der Waals surface area contributed by atoms with Gasteiger partial charge in [-0.1, -0.05) is 24.3 Å². The monoisotopic (exact) mass is 506 g/mol. The highest BCUT2D eigenvalue weighted by molar-refractivity contribution is 5.53. The molecular formula is C30H38F4O2. The minimum absolute atomic E-state index is 0.0255. The van der Waals surface area contributed by atoms with Crippen molar-refractivity contribution < 1.29 is 27.1 Å². The van der Waals surface area contributed by atoms with Crippen molar-refractivity contribution in [2.24, 2.45) is 17.8 Å². The molecule has 198 valence electrons. The number of aryl methyl sites for hydroxylation is 1. The van der Waals surface area contributed by atoms with E-state index in [-0.39, 0.29) is 24.4 Å². The fourth-order valence-corrected chi connectivity index (χ4v) is 6.28. The normalized spacial score (nSPS) is 31.0. The van der Waals surface area contributed by atoms with Crippen molar-refractivity contribution in [2.75, 3.05) is 13.2 Å². The lowest BCUT2D eigenvalue weighted by atomic mass is 9.74. The first-order valence-electron chi connectivity index (χ1n) is 13.6. The minimum Gasteiger partial charge on any atom is -0.377 e. The smallest absolute Gasteiger partial charge is 0.162 e. The number of allylic oxidation sites excluding steroid dienone is 3. The number of carbonyl (C=O) groups is 1. The molecule has 3 aliphatic carbocycles. The van der Waals surface area contributed by atoms with Crippen LogP contribution in [0.25, 0.3) is 0 Å². The molecule has 2 fully saturated rings. The second kappa shape index (κ2) is 12.5. The standard InChI is InChI=1S/C30H38F4O2/c1-2-36-18-24-14-16-26(30(34)28(24)32)21-8-3-19(4-9-21)5-12-23-13-15-25(29(33)27(23)31)22-10-6-20(17-35)7-11-22/h13-17,19-22,28,30H,2-12,18H2,1H3. The second-order valence-corrected chi connectivity index (χ2v) is 10.8. The van der Waals surface area contributed by atoms with Crippen LogP contribution in [0.15, 0.2) is 35.4 Å². The van der Waals surface area contributed by atoms with E-state index in [2.05, 4.69) is 0 Å². The number of carbonyl (C=O) groups excluding carboxylic acids is 1. The summed E-state index contributed by atoms with van der Waals surface area (Å²) in [6.45, 7) is 2.41. The molecule has 0 bridgehead atoms. The van der Waals surface area contributed by atoms with Crippen molar-refractivity contribution in [3.05, 3.63) is 58.2 Å². The Labute approximate surface area is 212 Å². The molecule has 0 aromatic heterocycles. The highest BCUT2D eigenvalue weighted by Gasteiger charge is 2.36. The second-order valence-electron chi connectivity index (χ2n) is 10.8. The number of alkyl halides is 2. The summed E-state index contributed by atoms with van der Waals surface area (Å²) >= 11 is 0. The predicted octanol–water partition coefficient (Wildman–Crippen LogP) is 7.76. The van der Waals surface area contributed by atoms with Gasteiger partial charge in [-0.15, -0.1) is 0 Å². The van der Waals surface area contributed by atoms with Gasteiger partial charge in [0.2, 0.25) is 0 Å². The zero-order chi connectivity index (χ0) is 25.7. The highest BCUT2D eigenvalue weighted by atomic mass is 19.2. The largest absolute Gasteiger partial charge is 0.377 e. The van der Waals surface area contributed by atoms with Crippen molar-refractivity contribution >= 4 is 6.29 Å². The van der Waals surface area contributed by atoms with E-state index >= 15 is 0 Å².